The largest absolute Gasteiger partial charge is 0.478 e. The lowest BCUT2D eigenvalue weighted by atomic mass is 9.67. The number of hydrogen-bond donors (Lipinski definition) is 1. The number of ether oxygens (including phenoxy) is 1. The van der Waals surface area contributed by atoms with Crippen LogP contribution in [0.1, 0.15) is 78.1 Å². The van der Waals surface area contributed by atoms with Gasteiger partial charge in [-0.15, -0.1) is 0 Å². The van der Waals surface area contributed by atoms with Crippen LogP contribution in [0.4, 0.5) is 0 Å². The van der Waals surface area contributed by atoms with Gasteiger partial charge < -0.3 is 9.84 Å². The van der Waals surface area contributed by atoms with Gasteiger partial charge in [0, 0.05) is 12.2 Å². The van der Waals surface area contributed by atoms with Crippen molar-refractivity contribution in [3.8, 4) is 0 Å². The molecule has 2 saturated carbocycles. The van der Waals surface area contributed by atoms with E-state index < -0.39 is 11.9 Å². The highest BCUT2D eigenvalue weighted by Crippen LogP contribution is 2.46. The Kier molecular flexibility index (Phi) is 6.88. The molecule has 0 aromatic heterocycles. The van der Waals surface area contributed by atoms with Crippen LogP contribution in [0.2, 0.25) is 0 Å². The van der Waals surface area contributed by atoms with Crippen molar-refractivity contribution in [3.05, 3.63) is 12.2 Å². The summed E-state index contributed by atoms with van der Waals surface area (Å²) in [5, 5.41) is 8.69. The zero-order valence-electron chi connectivity index (χ0n) is 15.1. The Morgan fingerprint density at radius 1 is 1.08 bits per heavy atom. The molecule has 136 valence electrons. The zero-order chi connectivity index (χ0) is 17.6. The van der Waals surface area contributed by atoms with E-state index in [0.717, 1.165) is 62.5 Å². The molecule has 2 aliphatic carbocycles. The number of esters is 1. The molecule has 4 nitrogen and oxygen atoms in total. The average Bonchev–Trinajstić information content (AvgIpc) is 2.54. The summed E-state index contributed by atoms with van der Waals surface area (Å²) in [6.45, 7) is 4.57. The van der Waals surface area contributed by atoms with Gasteiger partial charge in [-0.3, -0.25) is 0 Å². The van der Waals surface area contributed by atoms with Crippen molar-refractivity contribution in [1.29, 1.82) is 0 Å². The van der Waals surface area contributed by atoms with Crippen LogP contribution in [-0.4, -0.2) is 22.6 Å². The highest BCUT2D eigenvalue weighted by Gasteiger charge is 2.44. The van der Waals surface area contributed by atoms with Gasteiger partial charge in [0.05, 0.1) is 0 Å². The van der Waals surface area contributed by atoms with Gasteiger partial charge in [-0.05, 0) is 62.7 Å². The molecule has 1 N–H and O–H groups in total. The maximum absolute atomic E-state index is 12.1. The minimum Gasteiger partial charge on any atom is -0.478 e. The van der Waals surface area contributed by atoms with Crippen molar-refractivity contribution in [1.82, 2.24) is 0 Å². The summed E-state index contributed by atoms with van der Waals surface area (Å²) in [7, 11) is 0. The number of carbonyl (C=O) groups is 2. The smallest absolute Gasteiger partial charge is 0.331 e. The number of hydrogen-bond acceptors (Lipinski definition) is 3. The third-order valence-corrected chi connectivity index (χ3v) is 5.76. The standard InChI is InChI=1S/C20H32O4/c1-15(2)14-16-6-8-17(9-7-16)20(12-4-3-5-13-20)24-19(23)11-10-18(21)22/h10-11,15-17H,3-9,12-14H2,1-2H3,(H,21,22)/b11-10+. The number of carboxylic acids is 1. The minimum atomic E-state index is -1.11. The topological polar surface area (TPSA) is 63.6 Å². The number of rotatable bonds is 6. The van der Waals surface area contributed by atoms with Gasteiger partial charge in [-0.2, -0.15) is 0 Å². The molecule has 0 aromatic carbocycles. The van der Waals surface area contributed by atoms with Crippen LogP contribution < -0.4 is 0 Å². The summed E-state index contributed by atoms with van der Waals surface area (Å²) >= 11 is 0. The first-order valence-corrected chi connectivity index (χ1v) is 9.55. The Balaban J connectivity index is 2.00. The molecule has 2 fully saturated rings. The summed E-state index contributed by atoms with van der Waals surface area (Å²) in [5.74, 6) is 0.379. The highest BCUT2D eigenvalue weighted by atomic mass is 16.6. The monoisotopic (exact) mass is 336 g/mol. The second-order valence-corrected chi connectivity index (χ2v) is 8.07. The van der Waals surface area contributed by atoms with Crippen LogP contribution >= 0.6 is 0 Å². The van der Waals surface area contributed by atoms with Crippen molar-refractivity contribution in [3.63, 3.8) is 0 Å². The van der Waals surface area contributed by atoms with E-state index in [1.807, 2.05) is 0 Å². The van der Waals surface area contributed by atoms with Crippen molar-refractivity contribution in [2.24, 2.45) is 17.8 Å². The Morgan fingerprint density at radius 2 is 1.71 bits per heavy atom. The third-order valence-electron chi connectivity index (χ3n) is 5.76. The maximum atomic E-state index is 12.1. The van der Waals surface area contributed by atoms with E-state index in [-0.39, 0.29) is 5.60 Å². The highest BCUT2D eigenvalue weighted by molar-refractivity contribution is 5.90. The average molecular weight is 336 g/mol. The molecule has 4 heteroatoms. The van der Waals surface area contributed by atoms with Crippen molar-refractivity contribution in [2.75, 3.05) is 0 Å². The Hall–Kier alpha value is -1.32. The first kappa shape index (κ1) is 19.0. The molecule has 0 saturated heterocycles. The quantitative estimate of drug-likeness (QED) is 0.563. The number of aliphatic carboxylic acids is 1. The van der Waals surface area contributed by atoms with Gasteiger partial charge >= 0.3 is 11.9 Å². The Labute approximate surface area is 145 Å². The van der Waals surface area contributed by atoms with E-state index in [1.54, 1.807) is 0 Å². The second kappa shape index (κ2) is 8.68. The number of carboxylic acid groups (broad SMARTS) is 1. The van der Waals surface area contributed by atoms with Crippen molar-refractivity contribution < 1.29 is 19.4 Å². The predicted octanol–water partition coefficient (Wildman–Crippen LogP) is 4.73. The van der Waals surface area contributed by atoms with Crippen LogP contribution in [0.5, 0.6) is 0 Å². The zero-order valence-corrected chi connectivity index (χ0v) is 15.1. The normalized spacial score (nSPS) is 27.3. The molecule has 0 aromatic rings. The molecule has 0 unspecified atom stereocenters. The van der Waals surface area contributed by atoms with Crippen LogP contribution in [-0.2, 0) is 14.3 Å². The second-order valence-electron chi connectivity index (χ2n) is 8.07. The Morgan fingerprint density at radius 3 is 2.25 bits per heavy atom. The van der Waals surface area contributed by atoms with Crippen LogP contribution in [0.25, 0.3) is 0 Å². The molecule has 2 aliphatic rings. The maximum Gasteiger partial charge on any atom is 0.331 e. The number of carbonyl (C=O) groups excluding carboxylic acids is 1. The van der Waals surface area contributed by atoms with Gasteiger partial charge in [0.25, 0.3) is 0 Å². The van der Waals surface area contributed by atoms with E-state index in [2.05, 4.69) is 13.8 Å². The minimum absolute atomic E-state index is 0.360. The molecular weight excluding hydrogens is 304 g/mol. The van der Waals surface area contributed by atoms with Gasteiger partial charge in [0.2, 0.25) is 0 Å². The lowest BCUT2D eigenvalue weighted by molar-refractivity contribution is -0.168. The molecule has 2 rings (SSSR count). The van der Waals surface area contributed by atoms with E-state index in [4.69, 9.17) is 9.84 Å². The molecule has 0 heterocycles. The van der Waals surface area contributed by atoms with E-state index in [9.17, 15) is 9.59 Å². The molecule has 0 amide bonds. The molecule has 0 radical (unpaired) electrons. The first-order chi connectivity index (χ1) is 11.4. The summed E-state index contributed by atoms with van der Waals surface area (Å²) < 4.78 is 5.90. The molecule has 0 aliphatic heterocycles. The van der Waals surface area contributed by atoms with Crippen molar-refractivity contribution in [2.45, 2.75) is 83.7 Å². The Bertz CT molecular complexity index is 452. The van der Waals surface area contributed by atoms with Crippen molar-refractivity contribution >= 4 is 11.9 Å². The van der Waals surface area contributed by atoms with Gasteiger partial charge in [-0.25, -0.2) is 9.59 Å². The first-order valence-electron chi connectivity index (χ1n) is 9.55. The summed E-state index contributed by atoms with van der Waals surface area (Å²) in [4.78, 5) is 22.7. The lowest BCUT2D eigenvalue weighted by Crippen LogP contribution is -2.45. The summed E-state index contributed by atoms with van der Waals surface area (Å²) in [5.41, 5.74) is -0.360. The molecule has 24 heavy (non-hydrogen) atoms. The molecule has 0 atom stereocenters. The molecule has 0 bridgehead atoms. The van der Waals surface area contributed by atoms with E-state index in [0.29, 0.717) is 5.92 Å². The van der Waals surface area contributed by atoms with Gasteiger partial charge in [-0.1, -0.05) is 33.1 Å². The lowest BCUT2D eigenvalue weighted by Gasteiger charge is -2.45. The van der Waals surface area contributed by atoms with Gasteiger partial charge in [0.15, 0.2) is 0 Å². The van der Waals surface area contributed by atoms with Gasteiger partial charge in [0.1, 0.15) is 5.60 Å². The molecule has 0 spiro atoms. The van der Waals surface area contributed by atoms with E-state index in [1.165, 1.54) is 25.7 Å². The third kappa shape index (κ3) is 5.35. The van der Waals surface area contributed by atoms with Crippen LogP contribution in [0.3, 0.4) is 0 Å². The predicted molar refractivity (Wildman–Crippen MR) is 93.6 cm³/mol. The van der Waals surface area contributed by atoms with Crippen LogP contribution in [0.15, 0.2) is 12.2 Å². The summed E-state index contributed by atoms with van der Waals surface area (Å²) in [6.07, 6.45) is 13.2. The SMILES string of the molecule is CC(C)CC1CCC(C2(OC(=O)/C=C/C(=O)O)CCCCC2)CC1. The fourth-order valence-corrected chi connectivity index (χ4v) is 4.71. The van der Waals surface area contributed by atoms with E-state index >= 15 is 0 Å². The van der Waals surface area contributed by atoms with Crippen LogP contribution in [0, 0.1) is 17.8 Å². The fraction of sp³-hybridized carbons (Fsp3) is 0.800. The molecular formula is C20H32O4. The fourth-order valence-electron chi connectivity index (χ4n) is 4.71. The summed E-state index contributed by atoms with van der Waals surface area (Å²) in [6, 6.07) is 0.